The summed E-state index contributed by atoms with van der Waals surface area (Å²) < 4.78 is 40.7. The topological polar surface area (TPSA) is 47.2 Å². The Morgan fingerprint density at radius 1 is 1.00 bits per heavy atom. The van der Waals surface area contributed by atoms with Crippen LogP contribution in [0.4, 0.5) is 13.2 Å². The molecule has 0 atom stereocenters. The molecule has 0 radical (unpaired) electrons. The lowest BCUT2D eigenvalue weighted by Gasteiger charge is -2.12. The number of aromatic nitrogens is 2. The molecule has 4 rings (SSSR count). The first-order valence-electron chi connectivity index (χ1n) is 9.24. The van der Waals surface area contributed by atoms with Gasteiger partial charge in [0, 0.05) is 10.5 Å². The molecule has 0 aliphatic rings. The van der Waals surface area contributed by atoms with Crippen LogP contribution in [0.3, 0.4) is 0 Å². The number of benzene rings is 3. The van der Waals surface area contributed by atoms with Gasteiger partial charge in [-0.15, -0.1) is 11.8 Å². The second-order valence-corrected chi connectivity index (χ2v) is 7.55. The molecule has 4 aromatic rings. The third-order valence-electron chi connectivity index (χ3n) is 4.64. The van der Waals surface area contributed by atoms with Crippen LogP contribution in [0.1, 0.15) is 11.1 Å². The first kappa shape index (κ1) is 20.9. The van der Waals surface area contributed by atoms with Crippen molar-refractivity contribution in [1.29, 1.82) is 0 Å². The molecule has 0 aliphatic carbocycles. The van der Waals surface area contributed by atoms with E-state index in [-0.39, 0.29) is 11.4 Å². The number of para-hydroxylation sites is 1. The molecule has 1 aromatic heterocycles. The Balaban J connectivity index is 1.90. The summed E-state index contributed by atoms with van der Waals surface area (Å²) in [7, 11) is 0. The van der Waals surface area contributed by atoms with Crippen molar-refractivity contribution in [2.45, 2.75) is 11.1 Å². The van der Waals surface area contributed by atoms with Crippen LogP contribution in [0.15, 0.2) is 87.6 Å². The third kappa shape index (κ3) is 4.39. The molecule has 0 saturated heterocycles. The zero-order valence-electron chi connectivity index (χ0n) is 16.3. The maximum atomic E-state index is 13.2. The predicted molar refractivity (Wildman–Crippen MR) is 118 cm³/mol. The molecule has 4 nitrogen and oxygen atoms in total. The minimum Gasteiger partial charge on any atom is -0.267 e. The molecule has 0 bridgehead atoms. The fourth-order valence-electron chi connectivity index (χ4n) is 3.07. The van der Waals surface area contributed by atoms with E-state index in [2.05, 4.69) is 10.1 Å². The van der Waals surface area contributed by atoms with Crippen molar-refractivity contribution in [2.24, 2.45) is 5.10 Å². The number of hydrogen-bond acceptors (Lipinski definition) is 4. The molecule has 0 amide bonds. The largest absolute Gasteiger partial charge is 0.416 e. The van der Waals surface area contributed by atoms with Crippen LogP contribution in [-0.2, 0) is 6.18 Å². The fraction of sp³-hybridized carbons (Fsp3) is 0.0870. The molecule has 1 heterocycles. The van der Waals surface area contributed by atoms with Gasteiger partial charge in [-0.1, -0.05) is 36.4 Å². The lowest BCUT2D eigenvalue weighted by atomic mass is 10.1. The van der Waals surface area contributed by atoms with Crippen LogP contribution < -0.4 is 5.56 Å². The molecule has 0 spiro atoms. The van der Waals surface area contributed by atoms with Crippen molar-refractivity contribution in [1.82, 2.24) is 9.66 Å². The van der Waals surface area contributed by atoms with Crippen molar-refractivity contribution in [3.05, 3.63) is 94.3 Å². The third-order valence-corrected chi connectivity index (χ3v) is 5.38. The molecule has 0 N–H and O–H groups in total. The zero-order valence-corrected chi connectivity index (χ0v) is 17.1. The smallest absolute Gasteiger partial charge is 0.267 e. The van der Waals surface area contributed by atoms with Gasteiger partial charge in [-0.25, -0.2) is 4.98 Å². The lowest BCUT2D eigenvalue weighted by molar-refractivity contribution is -0.137. The van der Waals surface area contributed by atoms with E-state index in [1.807, 2.05) is 30.5 Å². The molecule has 0 unspecified atom stereocenters. The summed E-state index contributed by atoms with van der Waals surface area (Å²) >= 11 is 1.60. The highest BCUT2D eigenvalue weighted by Gasteiger charge is 2.30. The summed E-state index contributed by atoms with van der Waals surface area (Å²) in [6.45, 7) is 0. The van der Waals surface area contributed by atoms with Crippen molar-refractivity contribution in [2.75, 3.05) is 6.26 Å². The van der Waals surface area contributed by atoms with E-state index in [4.69, 9.17) is 0 Å². The van der Waals surface area contributed by atoms with Crippen LogP contribution in [0.5, 0.6) is 0 Å². The van der Waals surface area contributed by atoms with Gasteiger partial charge in [0.15, 0.2) is 5.82 Å². The van der Waals surface area contributed by atoms with E-state index in [9.17, 15) is 18.0 Å². The van der Waals surface area contributed by atoms with E-state index in [0.717, 1.165) is 27.3 Å². The Morgan fingerprint density at radius 2 is 1.74 bits per heavy atom. The monoisotopic (exact) mass is 439 g/mol. The van der Waals surface area contributed by atoms with Crippen LogP contribution in [-0.4, -0.2) is 22.1 Å². The summed E-state index contributed by atoms with van der Waals surface area (Å²) in [5.41, 5.74) is -0.0123. The first-order valence-corrected chi connectivity index (χ1v) is 10.5. The maximum absolute atomic E-state index is 13.2. The van der Waals surface area contributed by atoms with Gasteiger partial charge in [-0.3, -0.25) is 4.79 Å². The Morgan fingerprint density at radius 3 is 2.45 bits per heavy atom. The number of rotatable bonds is 4. The predicted octanol–water partition coefficient (Wildman–Crippen LogP) is 5.69. The van der Waals surface area contributed by atoms with E-state index in [1.165, 1.54) is 18.3 Å². The SMILES string of the molecule is CSc1ccc(C=Nn2c(-c3cccc(C(F)(F)F)c3)nc3ccccc3c2=O)cc1. The molecular weight excluding hydrogens is 423 g/mol. The average Bonchev–Trinajstić information content (AvgIpc) is 2.78. The van der Waals surface area contributed by atoms with E-state index in [1.54, 1.807) is 36.0 Å². The zero-order chi connectivity index (χ0) is 22.0. The highest BCUT2D eigenvalue weighted by atomic mass is 32.2. The summed E-state index contributed by atoms with van der Waals surface area (Å²) in [6.07, 6.45) is -1.07. The second-order valence-electron chi connectivity index (χ2n) is 6.67. The number of hydrogen-bond donors (Lipinski definition) is 0. The quantitative estimate of drug-likeness (QED) is 0.303. The molecule has 8 heteroatoms. The Hall–Kier alpha value is -3.39. The lowest BCUT2D eigenvalue weighted by Crippen LogP contribution is -2.20. The second kappa shape index (κ2) is 8.39. The van der Waals surface area contributed by atoms with Gasteiger partial charge in [-0.05, 0) is 48.2 Å². The molecular formula is C23H16F3N3OS. The molecule has 0 saturated carbocycles. The van der Waals surface area contributed by atoms with Crippen LogP contribution in [0, 0.1) is 0 Å². The Bertz CT molecular complexity index is 1330. The average molecular weight is 439 g/mol. The Kier molecular flexibility index (Phi) is 5.65. The maximum Gasteiger partial charge on any atom is 0.416 e. The van der Waals surface area contributed by atoms with E-state index in [0.29, 0.717) is 10.9 Å². The standard InChI is InChI=1S/C23H16F3N3OS/c1-31-18-11-9-15(10-12-18)14-27-29-21(16-5-4-6-17(13-16)23(24,25)26)28-20-8-3-2-7-19(20)22(29)30/h2-14H,1H3. The first-order chi connectivity index (χ1) is 14.9. The molecule has 31 heavy (non-hydrogen) atoms. The van der Waals surface area contributed by atoms with Gasteiger partial charge in [0.2, 0.25) is 0 Å². The summed E-state index contributed by atoms with van der Waals surface area (Å²) in [4.78, 5) is 18.6. The number of alkyl halides is 3. The van der Waals surface area contributed by atoms with Gasteiger partial charge < -0.3 is 0 Å². The van der Waals surface area contributed by atoms with Gasteiger partial charge in [-0.2, -0.15) is 22.9 Å². The number of fused-ring (bicyclic) bond motifs is 1. The van der Waals surface area contributed by atoms with Gasteiger partial charge in [0.05, 0.1) is 22.7 Å². The summed E-state index contributed by atoms with van der Waals surface area (Å²) in [5.74, 6) is 0.0341. The number of halogens is 3. The summed E-state index contributed by atoms with van der Waals surface area (Å²) in [6, 6.07) is 18.9. The van der Waals surface area contributed by atoms with E-state index >= 15 is 0 Å². The number of nitrogens with zero attached hydrogens (tertiary/aromatic N) is 3. The molecule has 0 aliphatic heterocycles. The van der Waals surface area contributed by atoms with Crippen LogP contribution in [0.2, 0.25) is 0 Å². The fourth-order valence-corrected chi connectivity index (χ4v) is 3.47. The highest BCUT2D eigenvalue weighted by Crippen LogP contribution is 2.31. The minimum atomic E-state index is -4.51. The van der Waals surface area contributed by atoms with Crippen LogP contribution >= 0.6 is 11.8 Å². The van der Waals surface area contributed by atoms with Gasteiger partial charge >= 0.3 is 6.18 Å². The van der Waals surface area contributed by atoms with Crippen molar-refractivity contribution < 1.29 is 13.2 Å². The van der Waals surface area contributed by atoms with Gasteiger partial charge in [0.25, 0.3) is 5.56 Å². The molecule has 3 aromatic carbocycles. The Labute approximate surface area is 180 Å². The van der Waals surface area contributed by atoms with Gasteiger partial charge in [0.1, 0.15) is 0 Å². The van der Waals surface area contributed by atoms with Crippen LogP contribution in [0.25, 0.3) is 22.3 Å². The van der Waals surface area contributed by atoms with Crippen molar-refractivity contribution in [3.8, 4) is 11.4 Å². The highest BCUT2D eigenvalue weighted by molar-refractivity contribution is 7.98. The minimum absolute atomic E-state index is 0.0341. The summed E-state index contributed by atoms with van der Waals surface area (Å²) in [5, 5.41) is 4.61. The van der Waals surface area contributed by atoms with E-state index < -0.39 is 17.3 Å². The normalized spacial score (nSPS) is 12.0. The van der Waals surface area contributed by atoms with Crippen molar-refractivity contribution in [3.63, 3.8) is 0 Å². The van der Waals surface area contributed by atoms with Crippen molar-refractivity contribution >= 4 is 28.9 Å². The molecule has 0 fully saturated rings. The number of thioether (sulfide) groups is 1. The molecule has 156 valence electrons.